The molecule has 0 aliphatic carbocycles. The second kappa shape index (κ2) is 9.15. The molecular weight excluding hydrogens is 392 g/mol. The number of benzene rings is 1. The molecule has 1 heterocycles. The van der Waals surface area contributed by atoms with Gasteiger partial charge in [-0.1, -0.05) is 25.8 Å². The summed E-state index contributed by atoms with van der Waals surface area (Å²) in [6, 6.07) is 10.1. The first-order valence-electron chi connectivity index (χ1n) is 7.85. The van der Waals surface area contributed by atoms with Gasteiger partial charge in [0.2, 0.25) is 10.0 Å². The molecule has 7 heteroatoms. The predicted molar refractivity (Wildman–Crippen MR) is 97.4 cm³/mol. The zero-order valence-corrected chi connectivity index (χ0v) is 15.9. The number of hydrogen-bond donors (Lipinski definition) is 1. The van der Waals surface area contributed by atoms with Crippen molar-refractivity contribution >= 4 is 26.0 Å². The Balaban J connectivity index is 2.06. The number of ether oxygens (including phenoxy) is 1. The monoisotopic (exact) mass is 412 g/mol. The molecule has 130 valence electrons. The highest BCUT2D eigenvalue weighted by Crippen LogP contribution is 2.28. The van der Waals surface area contributed by atoms with Crippen LogP contribution in [0, 0.1) is 0 Å². The van der Waals surface area contributed by atoms with Gasteiger partial charge < -0.3 is 4.74 Å². The lowest BCUT2D eigenvalue weighted by atomic mass is 10.3. The fourth-order valence-electron chi connectivity index (χ4n) is 2.05. The molecule has 0 amide bonds. The van der Waals surface area contributed by atoms with Crippen LogP contribution in [0.4, 0.5) is 0 Å². The van der Waals surface area contributed by atoms with E-state index in [2.05, 4.69) is 32.6 Å². The second-order valence-electron chi connectivity index (χ2n) is 5.29. The summed E-state index contributed by atoms with van der Waals surface area (Å²) in [5.74, 6) is 0.534. The zero-order valence-electron chi connectivity index (χ0n) is 13.5. The molecule has 0 aliphatic rings. The maximum Gasteiger partial charge on any atom is 0.241 e. The van der Waals surface area contributed by atoms with Gasteiger partial charge in [-0.05, 0) is 46.6 Å². The van der Waals surface area contributed by atoms with E-state index in [9.17, 15) is 8.42 Å². The largest absolute Gasteiger partial charge is 0.492 e. The van der Waals surface area contributed by atoms with Gasteiger partial charge >= 0.3 is 0 Å². The summed E-state index contributed by atoms with van der Waals surface area (Å²) in [7, 11) is -3.62. The molecule has 0 saturated carbocycles. The van der Waals surface area contributed by atoms with Crippen molar-refractivity contribution in [2.45, 2.75) is 37.6 Å². The first kappa shape index (κ1) is 18.9. The number of pyridine rings is 1. The van der Waals surface area contributed by atoms with Crippen molar-refractivity contribution in [3.05, 3.63) is 52.8 Å². The van der Waals surface area contributed by atoms with Crippen LogP contribution in [0.15, 0.2) is 52.0 Å². The van der Waals surface area contributed by atoms with Gasteiger partial charge in [-0.25, -0.2) is 13.1 Å². The third-order valence-corrected chi connectivity index (χ3v) is 5.44. The average molecular weight is 413 g/mol. The molecule has 2 rings (SSSR count). The molecule has 0 bridgehead atoms. The van der Waals surface area contributed by atoms with Crippen molar-refractivity contribution in [3.63, 3.8) is 0 Å². The maximum atomic E-state index is 12.4. The Bertz CT molecular complexity index is 752. The molecule has 0 spiro atoms. The van der Waals surface area contributed by atoms with Gasteiger partial charge in [-0.3, -0.25) is 4.98 Å². The van der Waals surface area contributed by atoms with Gasteiger partial charge in [0.25, 0.3) is 0 Å². The van der Waals surface area contributed by atoms with Gasteiger partial charge in [-0.15, -0.1) is 0 Å². The predicted octanol–water partition coefficient (Wildman–Crippen LogP) is 3.89. The van der Waals surface area contributed by atoms with Gasteiger partial charge in [0, 0.05) is 12.3 Å². The lowest BCUT2D eigenvalue weighted by Gasteiger charge is -2.11. The van der Waals surface area contributed by atoms with Crippen molar-refractivity contribution in [2.24, 2.45) is 0 Å². The molecule has 0 saturated heterocycles. The molecule has 1 N–H and O–H groups in total. The van der Waals surface area contributed by atoms with Crippen LogP contribution in [0.3, 0.4) is 0 Å². The van der Waals surface area contributed by atoms with Crippen molar-refractivity contribution in [1.82, 2.24) is 9.71 Å². The van der Waals surface area contributed by atoms with E-state index >= 15 is 0 Å². The average Bonchev–Trinajstić information content (AvgIpc) is 2.59. The Hall–Kier alpha value is -1.44. The summed E-state index contributed by atoms with van der Waals surface area (Å²) in [5.41, 5.74) is 0.661. The molecule has 0 atom stereocenters. The second-order valence-corrected chi connectivity index (χ2v) is 7.91. The normalized spacial score (nSPS) is 11.4. The molecule has 0 fully saturated rings. The first-order valence-corrected chi connectivity index (χ1v) is 10.1. The number of halogens is 1. The number of nitrogens with one attached hydrogen (secondary N) is 1. The summed E-state index contributed by atoms with van der Waals surface area (Å²) in [4.78, 5) is 4.28. The number of unbranched alkanes of at least 4 members (excludes halogenated alkanes) is 2. The first-order chi connectivity index (χ1) is 11.5. The maximum absolute atomic E-state index is 12.4. The van der Waals surface area contributed by atoms with Gasteiger partial charge in [-0.2, -0.15) is 0 Å². The van der Waals surface area contributed by atoms with Crippen LogP contribution in [0.1, 0.15) is 31.9 Å². The highest BCUT2D eigenvalue weighted by Gasteiger charge is 2.16. The third-order valence-electron chi connectivity index (χ3n) is 3.39. The summed E-state index contributed by atoms with van der Waals surface area (Å²) in [6.45, 7) is 2.83. The summed E-state index contributed by atoms with van der Waals surface area (Å²) < 4.78 is 33.8. The lowest BCUT2D eigenvalue weighted by Crippen LogP contribution is -2.23. The Kier molecular flexibility index (Phi) is 7.20. The zero-order chi connectivity index (χ0) is 17.4. The van der Waals surface area contributed by atoms with Gasteiger partial charge in [0.05, 0.1) is 28.2 Å². The SMILES string of the molecule is CCCCCOc1cc(S(=O)(=O)NCc2ccccn2)ccc1Br. The van der Waals surface area contributed by atoms with E-state index in [0.29, 0.717) is 18.1 Å². The molecule has 1 aromatic carbocycles. The van der Waals surface area contributed by atoms with E-state index in [4.69, 9.17) is 4.74 Å². The van der Waals surface area contributed by atoms with E-state index in [1.54, 1.807) is 30.5 Å². The van der Waals surface area contributed by atoms with E-state index < -0.39 is 10.0 Å². The minimum atomic E-state index is -3.62. The van der Waals surface area contributed by atoms with Crippen LogP contribution in [-0.4, -0.2) is 20.0 Å². The van der Waals surface area contributed by atoms with Crippen molar-refractivity contribution in [2.75, 3.05) is 6.61 Å². The van der Waals surface area contributed by atoms with Crippen molar-refractivity contribution in [3.8, 4) is 5.75 Å². The standard InChI is InChI=1S/C17H21BrN2O3S/c1-2-3-6-11-23-17-12-15(8-9-16(17)18)24(21,22)20-13-14-7-4-5-10-19-14/h4-5,7-10,12,20H,2-3,6,11,13H2,1H3. The minimum Gasteiger partial charge on any atom is -0.492 e. The molecule has 1 aromatic heterocycles. The van der Waals surface area contributed by atoms with Crippen molar-refractivity contribution < 1.29 is 13.2 Å². The Morgan fingerprint density at radius 1 is 1.21 bits per heavy atom. The summed E-state index contributed by atoms with van der Waals surface area (Å²) in [6.07, 6.45) is 4.76. The number of hydrogen-bond acceptors (Lipinski definition) is 4. The van der Waals surface area contributed by atoms with Crippen LogP contribution in [-0.2, 0) is 16.6 Å². The lowest BCUT2D eigenvalue weighted by molar-refractivity contribution is 0.303. The molecule has 0 unspecified atom stereocenters. The van der Waals surface area contributed by atoms with Gasteiger partial charge in [0.1, 0.15) is 5.75 Å². The fourth-order valence-corrected chi connectivity index (χ4v) is 3.43. The van der Waals surface area contributed by atoms with Crippen LogP contribution in [0.2, 0.25) is 0 Å². The molecule has 24 heavy (non-hydrogen) atoms. The van der Waals surface area contributed by atoms with Gasteiger partial charge in [0.15, 0.2) is 0 Å². The summed E-state index contributed by atoms with van der Waals surface area (Å²) in [5, 5.41) is 0. The number of sulfonamides is 1. The van der Waals surface area contributed by atoms with Crippen LogP contribution >= 0.6 is 15.9 Å². The van der Waals surface area contributed by atoms with Crippen LogP contribution in [0.5, 0.6) is 5.75 Å². The highest BCUT2D eigenvalue weighted by atomic mass is 79.9. The van der Waals surface area contributed by atoms with E-state index in [1.807, 2.05) is 6.07 Å². The smallest absolute Gasteiger partial charge is 0.241 e. The number of nitrogens with zero attached hydrogens (tertiary/aromatic N) is 1. The molecule has 5 nitrogen and oxygen atoms in total. The fraction of sp³-hybridized carbons (Fsp3) is 0.353. The molecule has 0 aliphatic heterocycles. The molecular formula is C17H21BrN2O3S. The number of rotatable bonds is 9. The van der Waals surface area contributed by atoms with E-state index in [0.717, 1.165) is 23.7 Å². The molecule has 2 aromatic rings. The highest BCUT2D eigenvalue weighted by molar-refractivity contribution is 9.10. The van der Waals surface area contributed by atoms with E-state index in [-0.39, 0.29) is 11.4 Å². The van der Waals surface area contributed by atoms with E-state index in [1.165, 1.54) is 6.07 Å². The third kappa shape index (κ3) is 5.58. The topological polar surface area (TPSA) is 68.3 Å². The molecule has 0 radical (unpaired) electrons. The number of aromatic nitrogens is 1. The Labute approximate surface area is 151 Å². The summed E-state index contributed by atoms with van der Waals surface area (Å²) >= 11 is 3.39. The van der Waals surface area contributed by atoms with Crippen LogP contribution in [0.25, 0.3) is 0 Å². The Morgan fingerprint density at radius 3 is 2.75 bits per heavy atom. The van der Waals surface area contributed by atoms with Crippen LogP contribution < -0.4 is 9.46 Å². The quantitative estimate of drug-likeness (QED) is 0.634. The van der Waals surface area contributed by atoms with Crippen molar-refractivity contribution in [1.29, 1.82) is 0 Å². The Morgan fingerprint density at radius 2 is 2.04 bits per heavy atom. The minimum absolute atomic E-state index is 0.145.